The van der Waals surface area contributed by atoms with Crippen LogP contribution in [0.5, 0.6) is 0 Å². The van der Waals surface area contributed by atoms with Gasteiger partial charge in [0, 0.05) is 39.3 Å². The van der Waals surface area contributed by atoms with Gasteiger partial charge in [-0.25, -0.2) is 9.78 Å². The normalized spacial score (nSPS) is 14.9. The van der Waals surface area contributed by atoms with Gasteiger partial charge in [-0.3, -0.25) is 9.79 Å². The van der Waals surface area contributed by atoms with E-state index in [4.69, 9.17) is 4.74 Å². The number of nitrogens with zero attached hydrogens (tertiary/aromatic N) is 3. The molecule has 1 saturated heterocycles. The highest BCUT2D eigenvalue weighted by Gasteiger charge is 2.34. The highest BCUT2D eigenvalue weighted by atomic mass is 16.6. The molecular formula is C19H30N6O3. The van der Waals surface area contributed by atoms with Crippen LogP contribution in [0.1, 0.15) is 32.8 Å². The Balaban J connectivity index is 1.65. The van der Waals surface area contributed by atoms with Gasteiger partial charge in [0.15, 0.2) is 5.96 Å². The summed E-state index contributed by atoms with van der Waals surface area (Å²) in [4.78, 5) is 33.8. The molecule has 9 nitrogen and oxygen atoms in total. The summed E-state index contributed by atoms with van der Waals surface area (Å²) in [5.74, 6) is 1.00. The van der Waals surface area contributed by atoms with Gasteiger partial charge in [0.1, 0.15) is 11.4 Å². The first kappa shape index (κ1) is 21.5. The Kier molecular flexibility index (Phi) is 7.19. The zero-order valence-corrected chi connectivity index (χ0v) is 17.2. The number of hydrogen-bond donors (Lipinski definition) is 3. The molecule has 0 bridgehead atoms. The smallest absolute Gasteiger partial charge is 0.410 e. The lowest BCUT2D eigenvalue weighted by Crippen LogP contribution is -2.63. The maximum absolute atomic E-state index is 12.0. The average molecular weight is 390 g/mol. The van der Waals surface area contributed by atoms with E-state index in [1.165, 1.54) is 0 Å². The molecule has 3 N–H and O–H groups in total. The van der Waals surface area contributed by atoms with Crippen molar-refractivity contribution in [3.63, 3.8) is 0 Å². The summed E-state index contributed by atoms with van der Waals surface area (Å²) in [5, 5.41) is 9.08. The van der Waals surface area contributed by atoms with Crippen molar-refractivity contribution < 1.29 is 14.3 Å². The van der Waals surface area contributed by atoms with Crippen molar-refractivity contribution >= 4 is 23.8 Å². The summed E-state index contributed by atoms with van der Waals surface area (Å²) in [7, 11) is 1.66. The molecule has 1 aromatic rings. The Morgan fingerprint density at radius 1 is 1.32 bits per heavy atom. The lowest BCUT2D eigenvalue weighted by molar-refractivity contribution is -0.116. The number of rotatable bonds is 5. The molecule has 0 unspecified atom stereocenters. The summed E-state index contributed by atoms with van der Waals surface area (Å²) >= 11 is 0. The summed E-state index contributed by atoms with van der Waals surface area (Å²) in [6, 6.07) is 3.77. The molecule has 1 aliphatic heterocycles. The first-order chi connectivity index (χ1) is 13.2. The third kappa shape index (κ3) is 7.05. The van der Waals surface area contributed by atoms with Crippen LogP contribution in [0.2, 0.25) is 0 Å². The number of amides is 2. The van der Waals surface area contributed by atoms with Gasteiger partial charge in [-0.05, 0) is 39.3 Å². The molecule has 154 valence electrons. The van der Waals surface area contributed by atoms with Crippen LogP contribution >= 0.6 is 0 Å². The number of aryl methyl sites for hydroxylation is 1. The van der Waals surface area contributed by atoms with Crippen LogP contribution in [0.15, 0.2) is 23.3 Å². The fraction of sp³-hybridized carbons (Fsp3) is 0.579. The van der Waals surface area contributed by atoms with Crippen molar-refractivity contribution in [3.05, 3.63) is 23.9 Å². The minimum atomic E-state index is -0.498. The molecule has 0 aromatic carbocycles. The van der Waals surface area contributed by atoms with Gasteiger partial charge in [0.2, 0.25) is 5.91 Å². The van der Waals surface area contributed by atoms with Crippen molar-refractivity contribution in [3.8, 4) is 0 Å². The zero-order valence-electron chi connectivity index (χ0n) is 17.2. The molecule has 1 aromatic heterocycles. The Hall–Kier alpha value is -2.84. The Morgan fingerprint density at radius 2 is 2.04 bits per heavy atom. The van der Waals surface area contributed by atoms with Gasteiger partial charge in [0.05, 0.1) is 6.04 Å². The molecule has 0 aliphatic carbocycles. The third-order valence-corrected chi connectivity index (χ3v) is 3.92. The molecule has 0 spiro atoms. The number of nitrogens with one attached hydrogen (secondary N) is 3. The largest absolute Gasteiger partial charge is 0.444 e. The van der Waals surface area contributed by atoms with E-state index in [2.05, 4.69) is 25.9 Å². The maximum Gasteiger partial charge on any atom is 0.410 e. The predicted octanol–water partition coefficient (Wildman–Crippen LogP) is 1.50. The van der Waals surface area contributed by atoms with E-state index in [0.717, 1.165) is 5.56 Å². The summed E-state index contributed by atoms with van der Waals surface area (Å²) < 4.78 is 5.33. The summed E-state index contributed by atoms with van der Waals surface area (Å²) in [6.45, 7) is 9.01. The number of pyridine rings is 1. The first-order valence-electron chi connectivity index (χ1n) is 9.34. The van der Waals surface area contributed by atoms with Crippen LogP contribution in [0.3, 0.4) is 0 Å². The Bertz CT molecular complexity index is 705. The van der Waals surface area contributed by atoms with Crippen LogP contribution in [-0.4, -0.2) is 66.2 Å². The number of likely N-dealkylation sites (tertiary alicyclic amines) is 1. The van der Waals surface area contributed by atoms with Crippen molar-refractivity contribution in [1.82, 2.24) is 20.5 Å². The number of guanidine groups is 1. The number of aliphatic imine (C=N–C) groups is 1. The van der Waals surface area contributed by atoms with E-state index in [1.807, 2.05) is 33.8 Å². The van der Waals surface area contributed by atoms with E-state index in [0.29, 0.717) is 31.4 Å². The summed E-state index contributed by atoms with van der Waals surface area (Å²) in [6.07, 6.45) is 1.68. The van der Waals surface area contributed by atoms with Crippen molar-refractivity contribution in [1.29, 1.82) is 0 Å². The summed E-state index contributed by atoms with van der Waals surface area (Å²) in [5.41, 5.74) is 0.540. The van der Waals surface area contributed by atoms with E-state index >= 15 is 0 Å². The minimum Gasteiger partial charge on any atom is -0.444 e. The number of anilines is 1. The van der Waals surface area contributed by atoms with Gasteiger partial charge in [-0.15, -0.1) is 0 Å². The fourth-order valence-corrected chi connectivity index (χ4v) is 2.47. The van der Waals surface area contributed by atoms with Crippen molar-refractivity contribution in [2.24, 2.45) is 4.99 Å². The van der Waals surface area contributed by atoms with Crippen LogP contribution in [0, 0.1) is 6.92 Å². The van der Waals surface area contributed by atoms with E-state index in [-0.39, 0.29) is 24.5 Å². The molecule has 28 heavy (non-hydrogen) atoms. The van der Waals surface area contributed by atoms with Crippen molar-refractivity contribution in [2.75, 3.05) is 32.0 Å². The van der Waals surface area contributed by atoms with Gasteiger partial charge < -0.3 is 25.6 Å². The highest BCUT2D eigenvalue weighted by Crippen LogP contribution is 2.15. The molecular weight excluding hydrogens is 360 g/mol. The predicted molar refractivity (Wildman–Crippen MR) is 108 cm³/mol. The van der Waals surface area contributed by atoms with E-state index < -0.39 is 5.60 Å². The first-order valence-corrected chi connectivity index (χ1v) is 9.34. The number of hydrogen-bond acceptors (Lipinski definition) is 5. The van der Waals surface area contributed by atoms with Crippen LogP contribution in [0.4, 0.5) is 10.6 Å². The van der Waals surface area contributed by atoms with E-state index in [9.17, 15) is 9.59 Å². The fourth-order valence-electron chi connectivity index (χ4n) is 2.47. The number of ether oxygens (including phenoxy) is 1. The molecule has 9 heteroatoms. The number of carbonyl (C=O) groups is 2. The zero-order chi connectivity index (χ0) is 20.7. The standard InChI is InChI=1S/C19H30N6O3/c1-13-6-7-15(22-10-13)24-16(26)8-9-21-17(20-5)23-14-11-25(12-14)18(27)28-19(2,3)4/h6-7,10,14H,8-9,11-12H2,1-5H3,(H2,20,21,23)(H,22,24,26). The Labute approximate surface area is 165 Å². The monoisotopic (exact) mass is 390 g/mol. The van der Waals surface area contributed by atoms with Gasteiger partial charge in [0.25, 0.3) is 0 Å². The number of carbonyl (C=O) groups excluding carboxylic acids is 2. The lowest BCUT2D eigenvalue weighted by Gasteiger charge is -2.40. The second-order valence-electron chi connectivity index (χ2n) is 7.74. The molecule has 2 heterocycles. The molecule has 2 rings (SSSR count). The molecule has 0 radical (unpaired) electrons. The molecule has 1 aliphatic rings. The second-order valence-corrected chi connectivity index (χ2v) is 7.74. The topological polar surface area (TPSA) is 108 Å². The SMILES string of the molecule is CN=C(NCCC(=O)Nc1ccc(C)cn1)NC1CN(C(=O)OC(C)(C)C)C1. The number of aromatic nitrogens is 1. The van der Waals surface area contributed by atoms with Crippen molar-refractivity contribution in [2.45, 2.75) is 45.8 Å². The lowest BCUT2D eigenvalue weighted by atomic mass is 10.1. The molecule has 0 atom stereocenters. The van der Waals surface area contributed by atoms with Crippen LogP contribution in [-0.2, 0) is 9.53 Å². The molecule has 2 amide bonds. The van der Waals surface area contributed by atoms with Gasteiger partial charge in [-0.1, -0.05) is 6.07 Å². The highest BCUT2D eigenvalue weighted by molar-refractivity contribution is 5.90. The van der Waals surface area contributed by atoms with Crippen LogP contribution in [0.25, 0.3) is 0 Å². The van der Waals surface area contributed by atoms with Crippen LogP contribution < -0.4 is 16.0 Å². The maximum atomic E-state index is 12.0. The average Bonchev–Trinajstić information content (AvgIpc) is 2.56. The third-order valence-electron chi connectivity index (χ3n) is 3.92. The van der Waals surface area contributed by atoms with Gasteiger partial charge >= 0.3 is 6.09 Å². The second kappa shape index (κ2) is 9.38. The Morgan fingerprint density at radius 3 is 2.61 bits per heavy atom. The van der Waals surface area contributed by atoms with E-state index in [1.54, 1.807) is 24.2 Å². The van der Waals surface area contributed by atoms with Gasteiger partial charge in [-0.2, -0.15) is 0 Å². The quantitative estimate of drug-likeness (QED) is 0.519. The minimum absolute atomic E-state index is 0.101. The molecule has 1 fully saturated rings. The molecule has 0 saturated carbocycles.